The average Bonchev–Trinajstić information content (AvgIpc) is 3.76. The third kappa shape index (κ3) is 8.36. The van der Waals surface area contributed by atoms with Gasteiger partial charge in [-0.05, 0) is 53.0 Å². The quantitative estimate of drug-likeness (QED) is 0.119. The van der Waals surface area contributed by atoms with Gasteiger partial charge in [0.2, 0.25) is 0 Å². The Morgan fingerprint density at radius 2 is 1.47 bits per heavy atom. The first kappa shape index (κ1) is 34.7. The summed E-state index contributed by atoms with van der Waals surface area (Å²) < 4.78 is 5.90. The van der Waals surface area contributed by atoms with Crippen molar-refractivity contribution in [2.75, 3.05) is 0 Å². The van der Waals surface area contributed by atoms with Crippen molar-refractivity contribution in [3.05, 3.63) is 150 Å². The van der Waals surface area contributed by atoms with Crippen molar-refractivity contribution < 1.29 is 24.5 Å². The molecule has 0 aliphatic heterocycles. The second-order valence-corrected chi connectivity index (χ2v) is 19.1. The molecule has 49 heavy (non-hydrogen) atoms. The number of hydrogen-bond donors (Lipinski definition) is 0. The molecule has 1 aliphatic carbocycles. The van der Waals surface area contributed by atoms with E-state index in [-0.39, 0.29) is 20.1 Å². The van der Waals surface area contributed by atoms with E-state index in [9.17, 15) is 0 Å². The summed E-state index contributed by atoms with van der Waals surface area (Å²) in [4.78, 5) is 9.31. The van der Waals surface area contributed by atoms with Gasteiger partial charge in [-0.25, -0.2) is 0 Å². The second kappa shape index (κ2) is 15.6. The Morgan fingerprint density at radius 3 is 2.24 bits per heavy atom. The fraction of sp³-hybridized carbons (Fsp3) is 0.227. The summed E-state index contributed by atoms with van der Waals surface area (Å²) in [5.74, 6) is 0.847. The number of aromatic nitrogens is 2. The maximum atomic E-state index is 5.90. The summed E-state index contributed by atoms with van der Waals surface area (Å²) >= 11 is 0. The third-order valence-corrected chi connectivity index (χ3v) is 11.5. The molecule has 7 aromatic rings. The van der Waals surface area contributed by atoms with E-state index in [0.29, 0.717) is 0 Å². The van der Waals surface area contributed by atoms with Gasteiger partial charge in [0.15, 0.2) is 0 Å². The van der Waals surface area contributed by atoms with Crippen LogP contribution in [0, 0.1) is 18.1 Å². The van der Waals surface area contributed by atoms with Crippen LogP contribution in [0.1, 0.15) is 42.4 Å². The van der Waals surface area contributed by atoms with Crippen molar-refractivity contribution in [2.24, 2.45) is 5.92 Å². The fourth-order valence-electron chi connectivity index (χ4n) is 6.95. The van der Waals surface area contributed by atoms with E-state index in [1.807, 2.05) is 48.7 Å². The molecule has 3 heterocycles. The zero-order valence-corrected chi connectivity index (χ0v) is 31.9. The van der Waals surface area contributed by atoms with Crippen molar-refractivity contribution in [3.8, 4) is 22.5 Å². The van der Waals surface area contributed by atoms with E-state index in [1.165, 1.54) is 54.0 Å². The van der Waals surface area contributed by atoms with Crippen molar-refractivity contribution in [1.29, 1.82) is 0 Å². The van der Waals surface area contributed by atoms with Crippen LogP contribution in [0.4, 0.5) is 0 Å². The van der Waals surface area contributed by atoms with Gasteiger partial charge in [-0.2, -0.15) is 0 Å². The molecule has 0 amide bonds. The molecule has 249 valence electrons. The summed E-state index contributed by atoms with van der Waals surface area (Å²) in [5.41, 5.74) is 10.1. The molecule has 4 aromatic carbocycles. The van der Waals surface area contributed by atoms with Crippen molar-refractivity contribution in [1.82, 2.24) is 9.97 Å². The minimum atomic E-state index is -1.43. The molecule has 1 aliphatic rings. The average molecular weight is 835 g/mol. The predicted molar refractivity (Wildman–Crippen MR) is 202 cm³/mol. The Morgan fingerprint density at radius 1 is 0.714 bits per heavy atom. The molecule has 8 rings (SSSR count). The second-order valence-electron chi connectivity index (χ2n) is 14.0. The number of benzene rings is 4. The normalized spacial score (nSPS) is 13.2. The zero-order valence-electron chi connectivity index (χ0n) is 28.5. The Bertz CT molecular complexity index is 2130. The molecular weight excluding hydrogens is 793 g/mol. The van der Waals surface area contributed by atoms with Crippen LogP contribution in [0.3, 0.4) is 0 Å². The fourth-order valence-corrected chi connectivity index (χ4v) is 8.52. The van der Waals surface area contributed by atoms with Crippen molar-refractivity contribution in [2.45, 2.75) is 58.2 Å². The summed E-state index contributed by atoms with van der Waals surface area (Å²) in [6.07, 6.45) is 11.7. The molecule has 0 N–H and O–H groups in total. The molecule has 0 unspecified atom stereocenters. The molecule has 3 nitrogen and oxygen atoms in total. The summed E-state index contributed by atoms with van der Waals surface area (Å²) in [7, 11) is -1.43. The van der Waals surface area contributed by atoms with Gasteiger partial charge in [-0.1, -0.05) is 123 Å². The van der Waals surface area contributed by atoms with Crippen LogP contribution in [-0.4, -0.2) is 18.0 Å². The molecular formula is C44H42IrN2OSi-2. The predicted octanol–water partition coefficient (Wildman–Crippen LogP) is 10.9. The van der Waals surface area contributed by atoms with Gasteiger partial charge in [0.1, 0.15) is 5.58 Å². The molecule has 0 spiro atoms. The van der Waals surface area contributed by atoms with Gasteiger partial charge in [-0.15, -0.1) is 59.7 Å². The van der Waals surface area contributed by atoms with Gasteiger partial charge >= 0.3 is 0 Å². The summed E-state index contributed by atoms with van der Waals surface area (Å²) in [6, 6.07) is 44.3. The first-order valence-corrected chi connectivity index (χ1v) is 20.7. The van der Waals surface area contributed by atoms with Crippen LogP contribution in [0.5, 0.6) is 0 Å². The largest absolute Gasteiger partial charge is 0.500 e. The standard InChI is InChI=1S/C23H20NO.C21H22NSi.Ir/c1-2-6-16(5-1)13-17-11-12-24-21(14-17)18-9-10-23-20(15-18)19-7-3-4-8-22(19)25-23;1-23(2,3)21-16-22-20(18-12-8-5-9-13-18)15-19(21)14-17-10-6-4-7-11-17;/h3-4,7-8,10-12,14-16H,1-2,5-6,13H2;4-12,15-16H,14H2,1-3H3;/q2*-1;. The van der Waals surface area contributed by atoms with E-state index >= 15 is 0 Å². The number of nitrogens with zero attached hydrogens (tertiary/aromatic N) is 2. The number of pyridine rings is 2. The maximum Gasteiger partial charge on any atom is 0.120 e. The summed E-state index contributed by atoms with van der Waals surface area (Å²) in [6.45, 7) is 7.15. The molecule has 3 aromatic heterocycles. The van der Waals surface area contributed by atoms with E-state index in [4.69, 9.17) is 9.40 Å². The molecule has 0 bridgehead atoms. The van der Waals surface area contributed by atoms with Gasteiger partial charge < -0.3 is 14.4 Å². The van der Waals surface area contributed by atoms with Crippen molar-refractivity contribution >= 4 is 35.2 Å². The van der Waals surface area contributed by atoms with E-state index in [0.717, 1.165) is 56.8 Å². The van der Waals surface area contributed by atoms with Crippen LogP contribution in [0.2, 0.25) is 19.6 Å². The van der Waals surface area contributed by atoms with E-state index in [1.54, 1.807) is 0 Å². The van der Waals surface area contributed by atoms with E-state index < -0.39 is 8.07 Å². The van der Waals surface area contributed by atoms with Gasteiger partial charge in [-0.3, -0.25) is 0 Å². The van der Waals surface area contributed by atoms with Gasteiger partial charge in [0.05, 0.1) is 13.7 Å². The summed E-state index contributed by atoms with van der Waals surface area (Å²) in [5, 5.41) is 3.73. The number of para-hydroxylation sites is 1. The van der Waals surface area contributed by atoms with Crippen molar-refractivity contribution in [3.63, 3.8) is 0 Å². The van der Waals surface area contributed by atoms with E-state index in [2.05, 4.69) is 110 Å². The number of fused-ring (bicyclic) bond motifs is 3. The number of furan rings is 1. The Balaban J connectivity index is 0.000000167. The van der Waals surface area contributed by atoms with Crippen LogP contribution in [0.15, 0.2) is 126 Å². The molecule has 0 saturated heterocycles. The van der Waals surface area contributed by atoms with Crippen LogP contribution in [-0.2, 0) is 32.9 Å². The molecule has 1 saturated carbocycles. The monoisotopic (exact) mass is 835 g/mol. The van der Waals surface area contributed by atoms with Crippen LogP contribution >= 0.6 is 0 Å². The van der Waals surface area contributed by atoms with Crippen LogP contribution in [0.25, 0.3) is 44.5 Å². The maximum absolute atomic E-state index is 5.90. The minimum Gasteiger partial charge on any atom is -0.500 e. The molecule has 0 atom stereocenters. The zero-order chi connectivity index (χ0) is 32.9. The SMILES string of the molecule is C[Si](C)(C)c1cnc(-c2[c-]cccc2)cc1Cc1ccccc1.[Ir].[c-]1cc2oc3ccccc3c2cc1-c1cc(CC2CCCC2)ccn1. The van der Waals surface area contributed by atoms with Gasteiger partial charge in [0, 0.05) is 37.9 Å². The molecule has 1 fully saturated rings. The number of hydrogen-bond acceptors (Lipinski definition) is 3. The Kier molecular flexibility index (Phi) is 11.0. The topological polar surface area (TPSA) is 38.9 Å². The van der Waals surface area contributed by atoms with Gasteiger partial charge in [0.25, 0.3) is 0 Å². The first-order valence-electron chi connectivity index (χ1n) is 17.2. The molecule has 1 radical (unpaired) electrons. The minimum absolute atomic E-state index is 0. The van der Waals surface area contributed by atoms with Crippen LogP contribution < -0.4 is 5.19 Å². The smallest absolute Gasteiger partial charge is 0.120 e. The third-order valence-electron chi connectivity index (χ3n) is 9.43. The Labute approximate surface area is 305 Å². The Hall–Kier alpha value is -4.15. The first-order chi connectivity index (χ1) is 23.4. The number of rotatable bonds is 7. The molecule has 5 heteroatoms.